The maximum Gasteiger partial charge on any atom is 0.316 e. The SMILES string of the molecule is COc1cc([N+](=O)[O-])ccc1N1C[C@H](C(=O)Oc2cccc(N3C(=O)[C@H]4CC=C(C)C[C@@H]4C3=O)c2)CC1=O. The molecule has 1 aliphatic carbocycles. The highest BCUT2D eigenvalue weighted by atomic mass is 16.6. The number of carbonyl (C=O) groups is 4. The average molecular weight is 520 g/mol. The van der Waals surface area contributed by atoms with Crippen molar-refractivity contribution in [1.82, 2.24) is 0 Å². The van der Waals surface area contributed by atoms with E-state index < -0.39 is 16.8 Å². The number of nitrogens with zero attached hydrogens (tertiary/aromatic N) is 3. The molecule has 38 heavy (non-hydrogen) atoms. The molecule has 2 aromatic rings. The van der Waals surface area contributed by atoms with E-state index in [0.717, 1.165) is 5.57 Å². The summed E-state index contributed by atoms with van der Waals surface area (Å²) in [6, 6.07) is 10.1. The number of hydrogen-bond acceptors (Lipinski definition) is 8. The van der Waals surface area contributed by atoms with Crippen molar-refractivity contribution in [3.8, 4) is 11.5 Å². The van der Waals surface area contributed by atoms with E-state index in [1.807, 2.05) is 13.0 Å². The van der Waals surface area contributed by atoms with Gasteiger partial charge in [-0.05, 0) is 38.0 Å². The first-order valence-corrected chi connectivity index (χ1v) is 12.2. The number of hydrogen-bond donors (Lipinski definition) is 0. The van der Waals surface area contributed by atoms with Gasteiger partial charge in [-0.1, -0.05) is 17.7 Å². The van der Waals surface area contributed by atoms with Gasteiger partial charge in [-0.2, -0.15) is 0 Å². The highest BCUT2D eigenvalue weighted by Crippen LogP contribution is 2.41. The van der Waals surface area contributed by atoms with Gasteiger partial charge in [0.25, 0.3) is 5.69 Å². The molecule has 11 nitrogen and oxygen atoms in total. The molecule has 196 valence electrons. The number of methoxy groups -OCH3 is 1. The van der Waals surface area contributed by atoms with E-state index in [4.69, 9.17) is 9.47 Å². The fourth-order valence-electron chi connectivity index (χ4n) is 5.28. The molecule has 3 atom stereocenters. The predicted octanol–water partition coefficient (Wildman–Crippen LogP) is 3.41. The first-order valence-electron chi connectivity index (χ1n) is 12.2. The van der Waals surface area contributed by atoms with E-state index in [1.54, 1.807) is 18.2 Å². The Labute approximate surface area is 217 Å². The van der Waals surface area contributed by atoms with E-state index in [2.05, 4.69) is 0 Å². The van der Waals surface area contributed by atoms with Crippen LogP contribution < -0.4 is 19.3 Å². The number of imide groups is 1. The summed E-state index contributed by atoms with van der Waals surface area (Å²) < 4.78 is 10.8. The molecule has 0 unspecified atom stereocenters. The largest absolute Gasteiger partial charge is 0.494 e. The summed E-state index contributed by atoms with van der Waals surface area (Å²) in [6.45, 7) is 1.95. The zero-order valence-corrected chi connectivity index (χ0v) is 20.8. The normalized spacial score (nSPS) is 22.8. The molecule has 2 aliphatic heterocycles. The first kappa shape index (κ1) is 25.1. The van der Waals surface area contributed by atoms with Crippen molar-refractivity contribution in [2.24, 2.45) is 17.8 Å². The van der Waals surface area contributed by atoms with Crippen LogP contribution in [0.4, 0.5) is 17.1 Å². The van der Waals surface area contributed by atoms with E-state index >= 15 is 0 Å². The molecule has 3 amide bonds. The molecule has 0 N–H and O–H groups in total. The molecule has 0 radical (unpaired) electrons. The molecule has 0 spiro atoms. The van der Waals surface area contributed by atoms with Crippen LogP contribution in [0.1, 0.15) is 26.2 Å². The zero-order valence-electron chi connectivity index (χ0n) is 20.8. The second-order valence-corrected chi connectivity index (χ2v) is 9.65. The van der Waals surface area contributed by atoms with Gasteiger partial charge < -0.3 is 14.4 Å². The second-order valence-electron chi connectivity index (χ2n) is 9.65. The van der Waals surface area contributed by atoms with Crippen molar-refractivity contribution in [1.29, 1.82) is 0 Å². The van der Waals surface area contributed by atoms with Crippen molar-refractivity contribution < 1.29 is 33.6 Å². The Kier molecular flexibility index (Phi) is 6.43. The lowest BCUT2D eigenvalue weighted by molar-refractivity contribution is -0.384. The molecular weight excluding hydrogens is 494 g/mol. The number of non-ortho nitro benzene ring substituents is 1. The highest BCUT2D eigenvalue weighted by molar-refractivity contribution is 6.22. The Bertz CT molecular complexity index is 1400. The van der Waals surface area contributed by atoms with Crippen LogP contribution in [0.5, 0.6) is 11.5 Å². The molecule has 2 saturated heterocycles. The number of ether oxygens (including phenoxy) is 2. The smallest absolute Gasteiger partial charge is 0.316 e. The van der Waals surface area contributed by atoms with Gasteiger partial charge in [-0.25, -0.2) is 4.90 Å². The highest BCUT2D eigenvalue weighted by Gasteiger charge is 2.48. The third kappa shape index (κ3) is 4.40. The number of amides is 3. The molecule has 11 heteroatoms. The van der Waals surface area contributed by atoms with Crippen LogP contribution in [0.15, 0.2) is 54.1 Å². The third-order valence-corrected chi connectivity index (χ3v) is 7.24. The van der Waals surface area contributed by atoms with Gasteiger partial charge in [-0.15, -0.1) is 0 Å². The van der Waals surface area contributed by atoms with Crippen LogP contribution in [0, 0.1) is 27.9 Å². The van der Waals surface area contributed by atoms with Gasteiger partial charge in [0.05, 0.1) is 47.2 Å². The summed E-state index contributed by atoms with van der Waals surface area (Å²) in [4.78, 5) is 64.7. The number of fused-ring (bicyclic) bond motifs is 1. The molecule has 0 saturated carbocycles. The summed E-state index contributed by atoms with van der Waals surface area (Å²) in [7, 11) is 1.34. The lowest BCUT2D eigenvalue weighted by atomic mass is 9.82. The summed E-state index contributed by atoms with van der Waals surface area (Å²) in [6.07, 6.45) is 2.95. The minimum Gasteiger partial charge on any atom is -0.494 e. The lowest BCUT2D eigenvalue weighted by Gasteiger charge is -2.19. The van der Waals surface area contributed by atoms with Gasteiger partial charge in [0, 0.05) is 25.1 Å². The van der Waals surface area contributed by atoms with E-state index in [-0.39, 0.29) is 59.7 Å². The van der Waals surface area contributed by atoms with Crippen molar-refractivity contribution in [3.05, 3.63) is 64.2 Å². The zero-order chi connectivity index (χ0) is 27.1. The van der Waals surface area contributed by atoms with Crippen molar-refractivity contribution in [3.63, 3.8) is 0 Å². The van der Waals surface area contributed by atoms with Gasteiger partial charge >= 0.3 is 5.97 Å². The van der Waals surface area contributed by atoms with Crippen LogP contribution in [0.2, 0.25) is 0 Å². The maximum absolute atomic E-state index is 13.0. The molecule has 5 rings (SSSR count). The minimum absolute atomic E-state index is 0.00430. The Balaban J connectivity index is 1.30. The molecule has 2 fully saturated rings. The number of rotatable bonds is 6. The van der Waals surface area contributed by atoms with Crippen LogP contribution in [0.25, 0.3) is 0 Å². The van der Waals surface area contributed by atoms with Crippen LogP contribution in [0.3, 0.4) is 0 Å². The number of nitro benzene ring substituents is 1. The topological polar surface area (TPSA) is 136 Å². The van der Waals surface area contributed by atoms with Gasteiger partial charge in [0.2, 0.25) is 17.7 Å². The number of benzene rings is 2. The van der Waals surface area contributed by atoms with Crippen LogP contribution >= 0.6 is 0 Å². The summed E-state index contributed by atoms with van der Waals surface area (Å²) in [5, 5.41) is 11.1. The number of anilines is 2. The van der Waals surface area contributed by atoms with Crippen LogP contribution in [-0.2, 0) is 19.2 Å². The molecule has 0 aromatic heterocycles. The minimum atomic E-state index is -0.793. The third-order valence-electron chi connectivity index (χ3n) is 7.24. The maximum atomic E-state index is 13.0. The quantitative estimate of drug-likeness (QED) is 0.141. The molecule has 3 aliphatic rings. The van der Waals surface area contributed by atoms with E-state index in [0.29, 0.717) is 24.2 Å². The number of esters is 1. The van der Waals surface area contributed by atoms with Gasteiger partial charge in [0.15, 0.2) is 0 Å². The summed E-state index contributed by atoms with van der Waals surface area (Å²) in [5.41, 5.74) is 1.55. The predicted molar refractivity (Wildman–Crippen MR) is 135 cm³/mol. The number of carbonyl (C=O) groups excluding carboxylic acids is 4. The van der Waals surface area contributed by atoms with Crippen molar-refractivity contribution in [2.45, 2.75) is 26.2 Å². The van der Waals surface area contributed by atoms with Crippen molar-refractivity contribution in [2.75, 3.05) is 23.5 Å². The summed E-state index contributed by atoms with van der Waals surface area (Å²) in [5.74, 6) is -2.80. The Morgan fingerprint density at radius 3 is 2.55 bits per heavy atom. The second kappa shape index (κ2) is 9.73. The average Bonchev–Trinajstić information content (AvgIpc) is 3.40. The van der Waals surface area contributed by atoms with E-state index in [1.165, 1.54) is 41.2 Å². The Hall–Kier alpha value is -4.54. The molecule has 0 bridgehead atoms. The lowest BCUT2D eigenvalue weighted by Crippen LogP contribution is -2.31. The molecule has 2 aromatic carbocycles. The standard InChI is InChI=1S/C27H25N3O8/c1-15-6-8-20-21(10-15)26(33)29(25(20)32)17-4-3-5-19(12-17)38-27(34)16-11-24(31)28(14-16)22-9-7-18(30(35)36)13-23(22)37-2/h3-7,9,12-13,16,20-21H,8,10-11,14H2,1-2H3/t16-,20+,21+/m1/s1. The summed E-state index contributed by atoms with van der Waals surface area (Å²) >= 11 is 0. The fourth-order valence-corrected chi connectivity index (χ4v) is 5.28. The van der Waals surface area contributed by atoms with Gasteiger partial charge in [0.1, 0.15) is 11.5 Å². The van der Waals surface area contributed by atoms with Crippen LogP contribution in [-0.4, -0.2) is 42.3 Å². The number of nitro groups is 1. The number of allylic oxidation sites excluding steroid dienone is 2. The monoisotopic (exact) mass is 519 g/mol. The first-order chi connectivity index (χ1) is 18.2. The Morgan fingerprint density at radius 2 is 1.82 bits per heavy atom. The molecule has 2 heterocycles. The van der Waals surface area contributed by atoms with Gasteiger partial charge in [-0.3, -0.25) is 29.3 Å². The molecular formula is C27H25N3O8. The Morgan fingerprint density at radius 1 is 1.05 bits per heavy atom. The fraction of sp³-hybridized carbons (Fsp3) is 0.333. The van der Waals surface area contributed by atoms with Crippen molar-refractivity contribution >= 4 is 40.8 Å². The van der Waals surface area contributed by atoms with E-state index in [9.17, 15) is 29.3 Å².